The summed E-state index contributed by atoms with van der Waals surface area (Å²) in [5.74, 6) is 2.04. The van der Waals surface area contributed by atoms with Gasteiger partial charge < -0.3 is 23.5 Å². The second kappa shape index (κ2) is 8.86. The number of likely N-dealkylation sites (N-methyl/N-ethyl adjacent to an activating group) is 1. The van der Waals surface area contributed by atoms with Crippen molar-refractivity contribution in [3.63, 3.8) is 0 Å². The van der Waals surface area contributed by atoms with Gasteiger partial charge in [0.2, 0.25) is 0 Å². The molecule has 2 aromatic carbocycles. The molecule has 0 aliphatic carbocycles. The van der Waals surface area contributed by atoms with E-state index in [1.807, 2.05) is 60.1 Å². The van der Waals surface area contributed by atoms with Crippen LogP contribution < -0.4 is 14.2 Å². The first-order valence-corrected chi connectivity index (χ1v) is 10.9. The summed E-state index contributed by atoms with van der Waals surface area (Å²) < 4.78 is 19.6. The van der Waals surface area contributed by atoms with E-state index in [1.165, 1.54) is 0 Å². The second-order valence-corrected chi connectivity index (χ2v) is 8.15. The van der Waals surface area contributed by atoms with Crippen molar-refractivity contribution in [3.05, 3.63) is 89.9 Å². The van der Waals surface area contributed by atoms with Gasteiger partial charge in [-0.1, -0.05) is 18.2 Å². The predicted molar refractivity (Wildman–Crippen MR) is 124 cm³/mol. The van der Waals surface area contributed by atoms with Gasteiger partial charge in [0.05, 0.1) is 12.2 Å². The summed E-state index contributed by atoms with van der Waals surface area (Å²) in [6.07, 6.45) is 3.72. The molecular formula is C26H25N3O4. The number of fused-ring (bicyclic) bond motifs is 2. The predicted octanol–water partition coefficient (Wildman–Crippen LogP) is 4.13. The first-order valence-electron chi connectivity index (χ1n) is 10.9. The molecule has 0 unspecified atom stereocenters. The summed E-state index contributed by atoms with van der Waals surface area (Å²) >= 11 is 0. The second-order valence-electron chi connectivity index (χ2n) is 8.15. The van der Waals surface area contributed by atoms with Crippen molar-refractivity contribution in [3.8, 4) is 17.2 Å². The molecule has 0 radical (unpaired) electrons. The van der Waals surface area contributed by atoms with Crippen LogP contribution in [0.5, 0.6) is 17.2 Å². The number of rotatable bonds is 6. The van der Waals surface area contributed by atoms with E-state index in [1.54, 1.807) is 36.2 Å². The lowest BCUT2D eigenvalue weighted by Gasteiger charge is -2.29. The molecule has 1 aliphatic rings. The maximum Gasteiger partial charge on any atom is 0.253 e. The lowest BCUT2D eigenvalue weighted by atomic mass is 10.2. The molecule has 3 heterocycles. The summed E-state index contributed by atoms with van der Waals surface area (Å²) in [4.78, 5) is 19.1. The Bertz CT molecular complexity index is 1280. The molecule has 0 saturated carbocycles. The number of aryl methyl sites for hydroxylation is 1. The van der Waals surface area contributed by atoms with E-state index in [4.69, 9.17) is 14.2 Å². The molecule has 4 aromatic rings. The maximum absolute atomic E-state index is 12.9. The Kier molecular flexibility index (Phi) is 5.60. The average molecular weight is 444 g/mol. The minimum atomic E-state index is -0.217. The van der Waals surface area contributed by atoms with E-state index in [-0.39, 0.29) is 12.0 Å². The molecule has 0 N–H and O–H groups in total. The number of aromatic nitrogens is 2. The number of para-hydroxylation sites is 2. The van der Waals surface area contributed by atoms with Gasteiger partial charge in [0, 0.05) is 25.0 Å². The van der Waals surface area contributed by atoms with E-state index >= 15 is 0 Å². The Labute approximate surface area is 192 Å². The third-order valence-electron chi connectivity index (χ3n) is 5.61. The van der Waals surface area contributed by atoms with Crippen LogP contribution >= 0.6 is 0 Å². The summed E-state index contributed by atoms with van der Waals surface area (Å²) in [6, 6.07) is 18.7. The number of imidazole rings is 1. The molecule has 7 nitrogen and oxygen atoms in total. The van der Waals surface area contributed by atoms with Gasteiger partial charge in [-0.3, -0.25) is 4.79 Å². The molecule has 0 saturated heterocycles. The number of amides is 1. The normalized spacial score (nSPS) is 14.8. The van der Waals surface area contributed by atoms with E-state index < -0.39 is 0 Å². The Morgan fingerprint density at radius 2 is 1.91 bits per heavy atom. The zero-order valence-electron chi connectivity index (χ0n) is 18.6. The molecule has 1 atom stereocenters. The molecule has 2 aromatic heterocycles. The zero-order chi connectivity index (χ0) is 22.8. The van der Waals surface area contributed by atoms with Gasteiger partial charge in [-0.2, -0.15) is 0 Å². The molecular weight excluding hydrogens is 418 g/mol. The fourth-order valence-corrected chi connectivity index (χ4v) is 3.89. The third kappa shape index (κ3) is 4.48. The third-order valence-corrected chi connectivity index (χ3v) is 5.61. The lowest BCUT2D eigenvalue weighted by Crippen LogP contribution is -2.41. The smallest absolute Gasteiger partial charge is 0.253 e. The van der Waals surface area contributed by atoms with Crippen LogP contribution in [-0.4, -0.2) is 46.5 Å². The average Bonchev–Trinajstić information content (AvgIpc) is 3.27. The van der Waals surface area contributed by atoms with Crippen LogP contribution in [0.15, 0.2) is 73.1 Å². The number of carbonyl (C=O) groups is 1. The van der Waals surface area contributed by atoms with Crippen molar-refractivity contribution in [1.29, 1.82) is 0 Å². The van der Waals surface area contributed by atoms with Crippen LogP contribution in [-0.2, 0) is 6.61 Å². The molecule has 0 spiro atoms. The Morgan fingerprint density at radius 1 is 1.12 bits per heavy atom. The molecule has 1 aliphatic heterocycles. The standard InChI is InChI=1S/C26H25N3O4/c1-18-6-5-13-29-14-20(27-25(18)29)16-31-21-11-9-19(10-12-21)26(30)28(2)15-22-17-32-23-7-3-4-8-24(23)33-22/h3-14,22H,15-17H2,1-2H3/t22-/m1/s1. The summed E-state index contributed by atoms with van der Waals surface area (Å²) in [6.45, 7) is 3.23. The van der Waals surface area contributed by atoms with Crippen molar-refractivity contribution in [2.45, 2.75) is 19.6 Å². The first kappa shape index (κ1) is 20.9. The van der Waals surface area contributed by atoms with E-state index in [9.17, 15) is 4.79 Å². The quantitative estimate of drug-likeness (QED) is 0.448. The topological polar surface area (TPSA) is 65.3 Å². The van der Waals surface area contributed by atoms with Gasteiger partial charge in [0.1, 0.15) is 24.6 Å². The van der Waals surface area contributed by atoms with Crippen LogP contribution in [0.2, 0.25) is 0 Å². The Hall–Kier alpha value is -4.00. The maximum atomic E-state index is 12.9. The number of pyridine rings is 1. The molecule has 7 heteroatoms. The highest BCUT2D eigenvalue weighted by Crippen LogP contribution is 2.31. The van der Waals surface area contributed by atoms with Gasteiger partial charge in [-0.25, -0.2) is 4.98 Å². The Morgan fingerprint density at radius 3 is 2.70 bits per heavy atom. The lowest BCUT2D eigenvalue weighted by molar-refractivity contribution is 0.0521. The van der Waals surface area contributed by atoms with Crippen LogP contribution in [0.3, 0.4) is 0 Å². The number of ether oxygens (including phenoxy) is 3. The van der Waals surface area contributed by atoms with Crippen molar-refractivity contribution >= 4 is 11.6 Å². The molecule has 0 bridgehead atoms. The fraction of sp³-hybridized carbons (Fsp3) is 0.231. The molecule has 168 valence electrons. The van der Waals surface area contributed by atoms with Gasteiger partial charge in [-0.05, 0) is 55.0 Å². The molecule has 1 amide bonds. The minimum Gasteiger partial charge on any atom is -0.487 e. The molecule has 33 heavy (non-hydrogen) atoms. The highest BCUT2D eigenvalue weighted by Gasteiger charge is 2.24. The highest BCUT2D eigenvalue weighted by atomic mass is 16.6. The van der Waals surface area contributed by atoms with Crippen molar-refractivity contribution < 1.29 is 19.0 Å². The van der Waals surface area contributed by atoms with Crippen LogP contribution in [0, 0.1) is 6.92 Å². The van der Waals surface area contributed by atoms with E-state index in [0.717, 1.165) is 22.7 Å². The van der Waals surface area contributed by atoms with Gasteiger partial charge >= 0.3 is 0 Å². The number of nitrogens with zero attached hydrogens (tertiary/aromatic N) is 3. The van der Waals surface area contributed by atoms with Gasteiger partial charge in [-0.15, -0.1) is 0 Å². The SMILES string of the molecule is Cc1cccn2cc(COc3ccc(C(=O)N(C)C[C@@H]4COc5ccccc5O4)cc3)nc12. The Balaban J connectivity index is 1.17. The highest BCUT2D eigenvalue weighted by molar-refractivity contribution is 5.94. The number of hydrogen-bond acceptors (Lipinski definition) is 5. The molecule has 0 fully saturated rings. The zero-order valence-corrected chi connectivity index (χ0v) is 18.6. The van der Waals surface area contributed by atoms with E-state index in [2.05, 4.69) is 4.98 Å². The van der Waals surface area contributed by atoms with Gasteiger partial charge in [0.15, 0.2) is 17.6 Å². The summed E-state index contributed by atoms with van der Waals surface area (Å²) in [7, 11) is 1.77. The van der Waals surface area contributed by atoms with Crippen molar-refractivity contribution in [1.82, 2.24) is 14.3 Å². The van der Waals surface area contributed by atoms with Crippen LogP contribution in [0.25, 0.3) is 5.65 Å². The van der Waals surface area contributed by atoms with Crippen LogP contribution in [0.4, 0.5) is 0 Å². The summed E-state index contributed by atoms with van der Waals surface area (Å²) in [5.41, 5.74) is 3.48. The molecule has 5 rings (SSSR count). The van der Waals surface area contributed by atoms with Crippen molar-refractivity contribution in [2.24, 2.45) is 0 Å². The number of benzene rings is 2. The minimum absolute atomic E-state index is 0.0835. The van der Waals surface area contributed by atoms with Crippen LogP contribution in [0.1, 0.15) is 21.6 Å². The fourth-order valence-electron chi connectivity index (χ4n) is 3.89. The van der Waals surface area contributed by atoms with E-state index in [0.29, 0.717) is 36.8 Å². The van der Waals surface area contributed by atoms with Gasteiger partial charge in [0.25, 0.3) is 5.91 Å². The van der Waals surface area contributed by atoms with Crippen molar-refractivity contribution in [2.75, 3.05) is 20.2 Å². The largest absolute Gasteiger partial charge is 0.487 e. The number of carbonyl (C=O) groups excluding carboxylic acids is 1. The number of hydrogen-bond donors (Lipinski definition) is 0. The monoisotopic (exact) mass is 443 g/mol. The first-order chi connectivity index (χ1) is 16.1. The summed E-state index contributed by atoms with van der Waals surface area (Å²) in [5, 5.41) is 0.